The average molecular weight is 217 g/mol. The van der Waals surface area contributed by atoms with Gasteiger partial charge in [0.05, 0.1) is 5.92 Å². The molecule has 0 aromatic rings. The monoisotopic (exact) mass is 217 g/mol. The lowest BCUT2D eigenvalue weighted by Crippen LogP contribution is -1.92. The summed E-state index contributed by atoms with van der Waals surface area (Å²) in [6.45, 7) is 7.97. The minimum absolute atomic E-state index is 0.276. The first-order chi connectivity index (χ1) is 7.85. The van der Waals surface area contributed by atoms with Crippen LogP contribution in [0.4, 0.5) is 0 Å². The van der Waals surface area contributed by atoms with Gasteiger partial charge in [-0.1, -0.05) is 57.8 Å². The van der Waals surface area contributed by atoms with Crippen LogP contribution in [-0.2, 0) is 0 Å². The molecule has 0 spiro atoms. The molecule has 0 aliphatic rings. The maximum absolute atomic E-state index is 3.85. The fourth-order valence-corrected chi connectivity index (χ4v) is 1.54. The first-order valence-corrected chi connectivity index (χ1v) is 6.55. The third-order valence-corrected chi connectivity index (χ3v) is 2.49. The van der Waals surface area contributed by atoms with Crippen LogP contribution in [-0.4, -0.2) is 0 Å². The first-order valence-electron chi connectivity index (χ1n) is 6.55. The van der Waals surface area contributed by atoms with Crippen LogP contribution in [0.2, 0.25) is 0 Å². The Morgan fingerprint density at radius 2 is 1.88 bits per heavy atom. The predicted octanol–water partition coefficient (Wildman–Crippen LogP) is 4.60. The molecule has 0 saturated heterocycles. The van der Waals surface area contributed by atoms with Crippen LogP contribution in [0.1, 0.15) is 65.2 Å². The summed E-state index contributed by atoms with van der Waals surface area (Å²) in [7, 11) is 0. The molecule has 0 amide bonds. The zero-order valence-corrected chi connectivity index (χ0v) is 10.9. The maximum atomic E-state index is 3.85. The lowest BCUT2D eigenvalue weighted by Gasteiger charge is -2.00. The molecule has 0 aliphatic carbocycles. The van der Waals surface area contributed by atoms with E-state index < -0.39 is 0 Å². The van der Waals surface area contributed by atoms with E-state index in [2.05, 4.69) is 37.5 Å². The first kappa shape index (κ1) is 15.1. The Morgan fingerprint density at radius 3 is 2.50 bits per heavy atom. The molecular weight excluding hydrogens is 192 g/mol. The molecule has 0 fully saturated rings. The van der Waals surface area contributed by atoms with Gasteiger partial charge in [0.15, 0.2) is 0 Å². The van der Waals surface area contributed by atoms with E-state index in [1.807, 2.05) is 6.92 Å². The lowest BCUT2D eigenvalue weighted by atomic mass is 10.0. The highest BCUT2D eigenvalue weighted by molar-refractivity contribution is 5.16. The van der Waals surface area contributed by atoms with Gasteiger partial charge in [0.1, 0.15) is 0 Å². The van der Waals surface area contributed by atoms with Crippen molar-refractivity contribution >= 4 is 0 Å². The minimum Gasteiger partial charge on any atom is -0.105 e. The molecule has 0 aromatic carbocycles. The van der Waals surface area contributed by atoms with Gasteiger partial charge in [-0.3, -0.25) is 0 Å². The minimum atomic E-state index is 0.276. The van der Waals surface area contributed by atoms with Gasteiger partial charge in [-0.15, -0.1) is 11.8 Å². The van der Waals surface area contributed by atoms with Crippen LogP contribution in [0.5, 0.6) is 0 Å². The number of hydrogen-bond donors (Lipinski definition) is 0. The molecule has 1 atom stereocenters. The van der Waals surface area contributed by atoms with Crippen LogP contribution < -0.4 is 0 Å². The molecule has 0 nitrogen and oxygen atoms in total. The molecule has 0 rings (SSSR count). The third-order valence-electron chi connectivity index (χ3n) is 2.49. The quantitative estimate of drug-likeness (QED) is 0.432. The summed E-state index contributed by atoms with van der Waals surface area (Å²) in [5.41, 5.74) is 0. The molecular formula is C16H25. The zero-order chi connectivity index (χ0) is 12.1. The van der Waals surface area contributed by atoms with Crippen LogP contribution in [0.15, 0.2) is 0 Å². The SMILES string of the molecule is [CH2]CCCC(C#CC)C#CCCCCCC. The molecule has 89 valence electrons. The highest BCUT2D eigenvalue weighted by atomic mass is 14.0. The highest BCUT2D eigenvalue weighted by Gasteiger charge is 1.98. The van der Waals surface area contributed by atoms with E-state index in [9.17, 15) is 0 Å². The molecule has 1 unspecified atom stereocenters. The van der Waals surface area contributed by atoms with Crippen molar-refractivity contribution < 1.29 is 0 Å². The standard InChI is InChI=1S/C16H25/c1-4-7-9-10-11-12-15-16(13-6-3)14-8-5-2/h16H,2,4-5,7-11,14H2,1,3H3. The van der Waals surface area contributed by atoms with Crippen LogP contribution in [0.25, 0.3) is 0 Å². The van der Waals surface area contributed by atoms with E-state index in [0.717, 1.165) is 25.7 Å². The van der Waals surface area contributed by atoms with Crippen molar-refractivity contribution in [3.8, 4) is 23.7 Å². The molecule has 0 heteroatoms. The van der Waals surface area contributed by atoms with Gasteiger partial charge in [-0.25, -0.2) is 0 Å². The molecule has 0 aromatic heterocycles. The van der Waals surface area contributed by atoms with Gasteiger partial charge in [0.25, 0.3) is 0 Å². The second kappa shape index (κ2) is 12.2. The zero-order valence-electron chi connectivity index (χ0n) is 10.9. The van der Waals surface area contributed by atoms with Gasteiger partial charge in [0.2, 0.25) is 0 Å². The fraction of sp³-hybridized carbons (Fsp3) is 0.688. The molecule has 0 heterocycles. The van der Waals surface area contributed by atoms with E-state index in [0.29, 0.717) is 0 Å². The van der Waals surface area contributed by atoms with Crippen LogP contribution in [0, 0.1) is 36.5 Å². The Morgan fingerprint density at radius 1 is 1.06 bits per heavy atom. The predicted molar refractivity (Wildman–Crippen MR) is 72.7 cm³/mol. The van der Waals surface area contributed by atoms with Crippen molar-refractivity contribution in [2.24, 2.45) is 5.92 Å². The van der Waals surface area contributed by atoms with E-state index in [4.69, 9.17) is 0 Å². The number of rotatable bonds is 7. The van der Waals surface area contributed by atoms with Crippen molar-refractivity contribution in [2.75, 3.05) is 0 Å². The third kappa shape index (κ3) is 9.67. The molecule has 0 N–H and O–H groups in total. The average Bonchev–Trinajstić information content (AvgIpc) is 2.30. The van der Waals surface area contributed by atoms with Gasteiger partial charge in [-0.05, 0) is 19.8 Å². The van der Waals surface area contributed by atoms with Crippen molar-refractivity contribution in [2.45, 2.75) is 65.2 Å². The largest absolute Gasteiger partial charge is 0.105 e. The molecule has 1 radical (unpaired) electrons. The van der Waals surface area contributed by atoms with Crippen molar-refractivity contribution in [3.05, 3.63) is 6.92 Å². The summed E-state index contributed by atoms with van der Waals surface area (Å²) in [4.78, 5) is 0. The van der Waals surface area contributed by atoms with Crippen molar-refractivity contribution in [3.63, 3.8) is 0 Å². The summed E-state index contributed by atoms with van der Waals surface area (Å²) in [6.07, 6.45) is 9.40. The lowest BCUT2D eigenvalue weighted by molar-refractivity contribution is 0.675. The van der Waals surface area contributed by atoms with Gasteiger partial charge >= 0.3 is 0 Å². The molecule has 0 saturated carbocycles. The van der Waals surface area contributed by atoms with Gasteiger partial charge < -0.3 is 0 Å². The van der Waals surface area contributed by atoms with Gasteiger partial charge in [0, 0.05) is 6.42 Å². The summed E-state index contributed by atoms with van der Waals surface area (Å²) in [6, 6.07) is 0. The summed E-state index contributed by atoms with van der Waals surface area (Å²) in [5, 5.41) is 0. The second-order valence-corrected chi connectivity index (χ2v) is 4.07. The highest BCUT2D eigenvalue weighted by Crippen LogP contribution is 2.07. The van der Waals surface area contributed by atoms with E-state index in [1.54, 1.807) is 0 Å². The van der Waals surface area contributed by atoms with E-state index in [1.165, 1.54) is 25.7 Å². The topological polar surface area (TPSA) is 0 Å². The molecule has 16 heavy (non-hydrogen) atoms. The van der Waals surface area contributed by atoms with Crippen molar-refractivity contribution in [1.29, 1.82) is 0 Å². The molecule has 0 aliphatic heterocycles. The second-order valence-electron chi connectivity index (χ2n) is 4.07. The smallest absolute Gasteiger partial charge is 0.0811 e. The van der Waals surface area contributed by atoms with Crippen LogP contribution in [0.3, 0.4) is 0 Å². The Labute approximate surface area is 102 Å². The molecule has 0 bridgehead atoms. The summed E-state index contributed by atoms with van der Waals surface area (Å²) in [5.74, 6) is 13.0. The number of unbranched alkanes of at least 4 members (excludes halogenated alkanes) is 5. The Balaban J connectivity index is 3.78. The van der Waals surface area contributed by atoms with E-state index >= 15 is 0 Å². The van der Waals surface area contributed by atoms with Gasteiger partial charge in [-0.2, -0.15) is 0 Å². The van der Waals surface area contributed by atoms with Crippen molar-refractivity contribution in [1.82, 2.24) is 0 Å². The normalized spacial score (nSPS) is 10.9. The summed E-state index contributed by atoms with van der Waals surface area (Å²) < 4.78 is 0. The Bertz CT molecular complexity index is 253. The maximum Gasteiger partial charge on any atom is 0.0811 e. The summed E-state index contributed by atoms with van der Waals surface area (Å²) >= 11 is 0. The Kier molecular flexibility index (Phi) is 11.5. The Hall–Kier alpha value is -0.880. The van der Waals surface area contributed by atoms with E-state index in [-0.39, 0.29) is 5.92 Å². The number of hydrogen-bond acceptors (Lipinski definition) is 0. The van der Waals surface area contributed by atoms with Crippen LogP contribution >= 0.6 is 0 Å². The fourth-order valence-electron chi connectivity index (χ4n) is 1.54.